The van der Waals surface area contributed by atoms with Gasteiger partial charge in [0.2, 0.25) is 0 Å². The second kappa shape index (κ2) is 9.23. The molecule has 1 rings (SSSR count). The van der Waals surface area contributed by atoms with Gasteiger partial charge < -0.3 is 4.74 Å². The van der Waals surface area contributed by atoms with Crippen LogP contribution in [0.4, 0.5) is 5.69 Å². The smallest absolute Gasteiger partial charge is 0.293 e. The van der Waals surface area contributed by atoms with Gasteiger partial charge in [-0.1, -0.05) is 25.2 Å². The van der Waals surface area contributed by atoms with E-state index in [2.05, 4.69) is 23.9 Å². The third-order valence-corrected chi connectivity index (χ3v) is 8.98. The molecule has 0 aliphatic heterocycles. The van der Waals surface area contributed by atoms with Crippen LogP contribution in [0.5, 0.6) is 5.75 Å². The van der Waals surface area contributed by atoms with Crippen molar-refractivity contribution >= 4 is 30.1 Å². The molecule has 0 aliphatic carbocycles. The Bertz CT molecular complexity index is 522. The number of ether oxygens (including phenoxy) is 1. The van der Waals surface area contributed by atoms with E-state index >= 15 is 0 Å². The van der Waals surface area contributed by atoms with Gasteiger partial charge in [0.15, 0.2) is 0 Å². The number of rotatable bonds is 9. The molecule has 0 saturated heterocycles. The Morgan fingerprint density at radius 2 is 2.05 bits per heavy atom. The first kappa shape index (κ1) is 19.1. The molecule has 1 N–H and O–H groups in total. The van der Waals surface area contributed by atoms with Crippen LogP contribution in [-0.2, 0) is 4.57 Å². The molecule has 0 spiro atoms. The van der Waals surface area contributed by atoms with Crippen molar-refractivity contribution < 1.29 is 9.30 Å². The monoisotopic (exact) mass is 343 g/mol. The fraction of sp³-hybridized carbons (Fsp3) is 0.533. The quantitative estimate of drug-likeness (QED) is 0.405. The summed E-state index contributed by atoms with van der Waals surface area (Å²) in [7, 11) is 3.37. The van der Waals surface area contributed by atoms with E-state index in [1.807, 2.05) is 31.2 Å². The van der Waals surface area contributed by atoms with E-state index in [4.69, 9.17) is 4.74 Å². The third kappa shape index (κ3) is 5.34. The van der Waals surface area contributed by atoms with E-state index in [-0.39, 0.29) is 0 Å². The van der Waals surface area contributed by atoms with Gasteiger partial charge in [0, 0.05) is 11.8 Å². The number of hydrogen-bond donors (Lipinski definition) is 1. The topological polar surface area (TPSA) is 53.9 Å². The zero-order valence-corrected chi connectivity index (χ0v) is 15.7. The van der Waals surface area contributed by atoms with Crippen molar-refractivity contribution in [2.75, 3.05) is 20.7 Å². The minimum absolute atomic E-state index is 0.321. The summed E-state index contributed by atoms with van der Waals surface area (Å²) in [4.78, 5) is 4.42. The highest BCUT2D eigenvalue weighted by Gasteiger charge is 2.28. The summed E-state index contributed by atoms with van der Waals surface area (Å²) in [5.41, 5.74) is 0.801. The number of nitrogens with zero attached hydrogens (tertiary/aromatic N) is 2. The maximum atomic E-state index is 13.1. The van der Waals surface area contributed by atoms with Crippen LogP contribution in [0.15, 0.2) is 29.3 Å². The zero-order chi connectivity index (χ0) is 16.6. The van der Waals surface area contributed by atoms with E-state index in [1.54, 1.807) is 25.2 Å². The Morgan fingerprint density at radius 1 is 1.41 bits per heavy atom. The normalized spacial score (nSPS) is 15.5. The lowest BCUT2D eigenvalue weighted by Crippen LogP contribution is -2.24. The van der Waals surface area contributed by atoms with E-state index in [1.165, 1.54) is 11.4 Å². The first-order valence-electron chi connectivity index (χ1n) is 7.41. The second-order valence-electron chi connectivity index (χ2n) is 4.77. The van der Waals surface area contributed by atoms with Gasteiger partial charge in [-0.15, -0.1) is 0 Å². The lowest BCUT2D eigenvalue weighted by molar-refractivity contribution is 0.415. The summed E-state index contributed by atoms with van der Waals surface area (Å²) < 4.78 is 20.0. The molecule has 0 saturated carbocycles. The third-order valence-electron chi connectivity index (χ3n) is 3.26. The molecule has 1 aromatic carbocycles. The molecule has 2 atom stereocenters. The Kier molecular flexibility index (Phi) is 8.01. The van der Waals surface area contributed by atoms with Gasteiger partial charge in [-0.3, -0.25) is 9.24 Å². The van der Waals surface area contributed by atoms with E-state index in [9.17, 15) is 4.57 Å². The highest BCUT2D eigenvalue weighted by molar-refractivity contribution is 8.57. The number of benzene rings is 1. The molecule has 0 amide bonds. The number of nitrogens with one attached hydrogen (secondary N) is 1. The highest BCUT2D eigenvalue weighted by atomic mass is 32.7. The molecule has 0 fully saturated rings. The predicted molar refractivity (Wildman–Crippen MR) is 97.5 cm³/mol. The molecular weight excluding hydrogens is 317 g/mol. The number of methoxy groups -OCH3 is 1. The predicted octanol–water partition coefficient (Wildman–Crippen LogP) is 4.54. The fourth-order valence-corrected chi connectivity index (χ4v) is 6.44. The van der Waals surface area contributed by atoms with Crippen molar-refractivity contribution in [3.63, 3.8) is 0 Å². The lowest BCUT2D eigenvalue weighted by Gasteiger charge is -2.29. The standard InChI is InChI=1S/C15H26N3O2PS/c1-6-13(3)22-21(19,16-4)18(7-2)12-17-14-8-10-15(20-5)11-9-14/h8-13H,6-7H2,1-5H3,(H,16,19). The highest BCUT2D eigenvalue weighted by Crippen LogP contribution is 2.59. The average Bonchev–Trinajstić information content (AvgIpc) is 2.55. The molecule has 0 aromatic heterocycles. The molecule has 1 aromatic rings. The first-order chi connectivity index (χ1) is 10.5. The fourth-order valence-electron chi connectivity index (χ4n) is 1.70. The molecule has 5 nitrogen and oxygen atoms in total. The average molecular weight is 343 g/mol. The Hall–Kier alpha value is -0.970. The van der Waals surface area contributed by atoms with Crippen molar-refractivity contribution in [1.82, 2.24) is 9.76 Å². The molecule has 22 heavy (non-hydrogen) atoms. The molecule has 2 unspecified atom stereocenters. The molecule has 7 heteroatoms. The van der Waals surface area contributed by atoms with E-state index in [0.717, 1.165) is 17.9 Å². The number of aliphatic imine (C=N–C) groups is 1. The van der Waals surface area contributed by atoms with Crippen molar-refractivity contribution in [2.24, 2.45) is 4.99 Å². The first-order valence-corrected chi connectivity index (χ1v) is 10.6. The minimum atomic E-state index is -2.71. The SMILES string of the molecule is CCC(C)SP(=O)(NC)N(C=Nc1ccc(OC)cc1)CC. The van der Waals surface area contributed by atoms with Crippen LogP contribution in [0.2, 0.25) is 0 Å². The van der Waals surface area contributed by atoms with Crippen molar-refractivity contribution in [3.05, 3.63) is 24.3 Å². The van der Waals surface area contributed by atoms with Crippen LogP contribution in [0.25, 0.3) is 0 Å². The van der Waals surface area contributed by atoms with E-state index in [0.29, 0.717) is 11.8 Å². The van der Waals surface area contributed by atoms with Crippen LogP contribution < -0.4 is 9.82 Å². The number of hydrogen-bond acceptors (Lipinski definition) is 4. The van der Waals surface area contributed by atoms with Crippen LogP contribution in [0.1, 0.15) is 27.2 Å². The van der Waals surface area contributed by atoms with Gasteiger partial charge in [0.25, 0.3) is 6.65 Å². The lowest BCUT2D eigenvalue weighted by atomic mass is 10.3. The van der Waals surface area contributed by atoms with E-state index < -0.39 is 6.65 Å². The Labute approximate surface area is 137 Å². The molecule has 0 aliphatic rings. The van der Waals surface area contributed by atoms with Crippen molar-refractivity contribution in [1.29, 1.82) is 0 Å². The zero-order valence-electron chi connectivity index (χ0n) is 13.9. The maximum absolute atomic E-state index is 13.1. The summed E-state index contributed by atoms with van der Waals surface area (Å²) in [5.74, 6) is 0.791. The summed E-state index contributed by atoms with van der Waals surface area (Å²) in [6, 6.07) is 7.45. The van der Waals surface area contributed by atoms with Gasteiger partial charge in [-0.2, -0.15) is 0 Å². The molecule has 0 radical (unpaired) electrons. The summed E-state index contributed by atoms with van der Waals surface area (Å²) >= 11 is 1.48. The van der Waals surface area contributed by atoms with Gasteiger partial charge in [-0.05, 0) is 44.7 Å². The van der Waals surface area contributed by atoms with Crippen molar-refractivity contribution in [2.45, 2.75) is 32.4 Å². The second-order valence-corrected chi connectivity index (χ2v) is 9.90. The maximum Gasteiger partial charge on any atom is 0.293 e. The van der Waals surface area contributed by atoms with Gasteiger partial charge >= 0.3 is 0 Å². The van der Waals surface area contributed by atoms with Gasteiger partial charge in [-0.25, -0.2) is 10.1 Å². The molecule has 124 valence electrons. The van der Waals surface area contributed by atoms with Crippen LogP contribution in [0.3, 0.4) is 0 Å². The largest absolute Gasteiger partial charge is 0.497 e. The van der Waals surface area contributed by atoms with Crippen LogP contribution in [-0.4, -0.2) is 37.0 Å². The summed E-state index contributed by atoms with van der Waals surface area (Å²) in [6.07, 6.45) is 2.64. The summed E-state index contributed by atoms with van der Waals surface area (Å²) in [6.45, 7) is 4.07. The summed E-state index contributed by atoms with van der Waals surface area (Å²) in [5, 5.41) is 3.30. The Morgan fingerprint density at radius 3 is 2.50 bits per heavy atom. The Balaban J connectivity index is 2.88. The molecule has 0 heterocycles. The van der Waals surface area contributed by atoms with Crippen LogP contribution >= 0.6 is 18.0 Å². The van der Waals surface area contributed by atoms with Crippen LogP contribution in [0, 0.1) is 0 Å². The van der Waals surface area contributed by atoms with Crippen molar-refractivity contribution in [3.8, 4) is 5.75 Å². The molecular formula is C15H26N3O2PS. The van der Waals surface area contributed by atoms with Gasteiger partial charge in [0.05, 0.1) is 19.1 Å². The van der Waals surface area contributed by atoms with Gasteiger partial charge in [0.1, 0.15) is 5.75 Å². The minimum Gasteiger partial charge on any atom is -0.497 e. The molecule has 0 bridgehead atoms.